The maximum atomic E-state index is 12.6. The van der Waals surface area contributed by atoms with E-state index in [2.05, 4.69) is 4.72 Å². The van der Waals surface area contributed by atoms with Crippen LogP contribution in [0.2, 0.25) is 0 Å². The normalized spacial score (nSPS) is 23.8. The van der Waals surface area contributed by atoms with E-state index in [1.54, 1.807) is 0 Å². The molecule has 0 aliphatic carbocycles. The Kier molecular flexibility index (Phi) is 5.22. The highest BCUT2D eigenvalue weighted by Gasteiger charge is 2.41. The molecular weight excluding hydrogens is 342 g/mol. The number of sulfonamides is 1. The lowest BCUT2D eigenvalue weighted by Gasteiger charge is -2.46. The van der Waals surface area contributed by atoms with Crippen molar-refractivity contribution in [2.75, 3.05) is 32.5 Å². The number of piperidine rings is 1. The number of aromatic nitrogens is 1. The molecule has 1 N–H and O–H groups in total. The van der Waals surface area contributed by atoms with Crippen LogP contribution >= 0.6 is 0 Å². The smallest absolute Gasteiger partial charge is 0.270 e. The van der Waals surface area contributed by atoms with E-state index in [1.807, 2.05) is 34.8 Å². The van der Waals surface area contributed by atoms with Crippen molar-refractivity contribution in [3.63, 3.8) is 0 Å². The molecule has 1 aromatic heterocycles. The van der Waals surface area contributed by atoms with E-state index in [0.717, 1.165) is 25.7 Å². The Hall–Kier alpha value is -1.38. The molecule has 2 aliphatic rings. The van der Waals surface area contributed by atoms with Crippen LogP contribution in [0.3, 0.4) is 0 Å². The van der Waals surface area contributed by atoms with Crippen LogP contribution < -0.4 is 4.72 Å². The number of amides is 1. The second-order valence-corrected chi connectivity index (χ2v) is 9.14. The summed E-state index contributed by atoms with van der Waals surface area (Å²) in [5.41, 5.74) is 0.489. The number of carbonyl (C=O) groups excluding carboxylic acids is 1. The third-order valence-corrected chi connectivity index (χ3v) is 6.05. The Bertz CT molecular complexity index is 720. The minimum absolute atomic E-state index is 0.0634. The van der Waals surface area contributed by atoms with Gasteiger partial charge in [0, 0.05) is 39.5 Å². The number of hydrogen-bond acceptors (Lipinski definition) is 4. The number of carbonyl (C=O) groups is 1. The molecule has 3 heterocycles. The van der Waals surface area contributed by atoms with Gasteiger partial charge in [-0.15, -0.1) is 0 Å². The van der Waals surface area contributed by atoms with Crippen LogP contribution in [0.5, 0.6) is 0 Å². The van der Waals surface area contributed by atoms with Crippen molar-refractivity contribution in [2.45, 2.75) is 31.3 Å². The first-order chi connectivity index (χ1) is 11.8. The van der Waals surface area contributed by atoms with Gasteiger partial charge in [-0.3, -0.25) is 4.79 Å². The van der Waals surface area contributed by atoms with Gasteiger partial charge in [-0.25, -0.2) is 13.1 Å². The third kappa shape index (κ3) is 4.43. The van der Waals surface area contributed by atoms with Gasteiger partial charge in [0.05, 0.1) is 11.9 Å². The first-order valence-electron chi connectivity index (χ1n) is 8.77. The summed E-state index contributed by atoms with van der Waals surface area (Å²) in [6.45, 7) is 2.48. The van der Waals surface area contributed by atoms with Gasteiger partial charge in [0.15, 0.2) is 0 Å². The summed E-state index contributed by atoms with van der Waals surface area (Å²) in [6, 6.07) is 3.72. The summed E-state index contributed by atoms with van der Waals surface area (Å²) in [4.78, 5) is 14.5. The Balaban J connectivity index is 1.57. The summed E-state index contributed by atoms with van der Waals surface area (Å²) in [6.07, 6.45) is 6.40. The maximum absolute atomic E-state index is 12.6. The number of nitrogens with one attached hydrogen (secondary N) is 1. The molecule has 1 amide bonds. The monoisotopic (exact) mass is 369 g/mol. The number of rotatable bonds is 4. The number of ether oxygens (including phenoxy) is 1. The SMILES string of the molecule is Cn1cccc1C(=O)N1CCC2(CC1)CC(CNS(C)(=O)=O)CCO2. The van der Waals surface area contributed by atoms with Crippen LogP contribution in [0.25, 0.3) is 0 Å². The molecule has 1 aromatic rings. The largest absolute Gasteiger partial charge is 0.375 e. The van der Waals surface area contributed by atoms with Gasteiger partial charge in [0.1, 0.15) is 5.69 Å². The summed E-state index contributed by atoms with van der Waals surface area (Å²) < 4.78 is 33.2. The summed E-state index contributed by atoms with van der Waals surface area (Å²) in [7, 11) is -1.28. The molecule has 3 rings (SSSR count). The minimum atomic E-state index is -3.16. The van der Waals surface area contributed by atoms with E-state index >= 15 is 0 Å². The molecule has 2 saturated heterocycles. The van der Waals surface area contributed by atoms with Crippen LogP contribution in [0.15, 0.2) is 18.3 Å². The van der Waals surface area contributed by atoms with Gasteiger partial charge in [-0.2, -0.15) is 0 Å². The lowest BCUT2D eigenvalue weighted by Crippen LogP contribution is -2.52. The maximum Gasteiger partial charge on any atom is 0.270 e. The highest BCUT2D eigenvalue weighted by molar-refractivity contribution is 7.88. The fourth-order valence-corrected chi connectivity index (χ4v) is 4.42. The molecule has 8 heteroatoms. The van der Waals surface area contributed by atoms with Crippen molar-refractivity contribution in [3.8, 4) is 0 Å². The van der Waals surface area contributed by atoms with Crippen LogP contribution in [0.1, 0.15) is 36.2 Å². The molecule has 25 heavy (non-hydrogen) atoms. The van der Waals surface area contributed by atoms with Gasteiger partial charge in [0.2, 0.25) is 10.0 Å². The summed E-state index contributed by atoms with van der Waals surface area (Å²) in [5.74, 6) is 0.354. The van der Waals surface area contributed by atoms with Gasteiger partial charge in [-0.1, -0.05) is 0 Å². The van der Waals surface area contributed by atoms with Gasteiger partial charge >= 0.3 is 0 Å². The Morgan fingerprint density at radius 2 is 2.12 bits per heavy atom. The third-order valence-electron chi connectivity index (χ3n) is 5.35. The van der Waals surface area contributed by atoms with Gasteiger partial charge in [0.25, 0.3) is 5.91 Å². The molecule has 7 nitrogen and oxygen atoms in total. The quantitative estimate of drug-likeness (QED) is 0.858. The Morgan fingerprint density at radius 3 is 2.72 bits per heavy atom. The van der Waals surface area contributed by atoms with E-state index in [0.29, 0.717) is 37.9 Å². The van der Waals surface area contributed by atoms with Crippen LogP contribution in [0, 0.1) is 5.92 Å². The molecule has 2 aliphatic heterocycles. The number of nitrogens with zero attached hydrogens (tertiary/aromatic N) is 2. The van der Waals surface area contributed by atoms with Crippen LogP contribution in [-0.2, 0) is 21.8 Å². The number of aryl methyl sites for hydroxylation is 1. The number of likely N-dealkylation sites (tertiary alicyclic amines) is 1. The van der Waals surface area contributed by atoms with E-state index in [1.165, 1.54) is 6.26 Å². The van der Waals surface area contributed by atoms with Crippen LogP contribution in [-0.4, -0.2) is 61.9 Å². The molecule has 1 spiro atoms. The van der Waals surface area contributed by atoms with Gasteiger partial charge < -0.3 is 14.2 Å². The van der Waals surface area contributed by atoms with Crippen molar-refractivity contribution < 1.29 is 17.9 Å². The molecule has 0 radical (unpaired) electrons. The molecule has 140 valence electrons. The first-order valence-corrected chi connectivity index (χ1v) is 10.7. The van der Waals surface area contributed by atoms with E-state index in [9.17, 15) is 13.2 Å². The predicted molar refractivity (Wildman–Crippen MR) is 94.8 cm³/mol. The fourth-order valence-electron chi connectivity index (χ4n) is 3.88. The second-order valence-electron chi connectivity index (χ2n) is 7.31. The summed E-state index contributed by atoms with van der Waals surface area (Å²) in [5, 5.41) is 0. The number of hydrogen-bond donors (Lipinski definition) is 1. The average Bonchev–Trinajstić information content (AvgIpc) is 2.99. The van der Waals surface area contributed by atoms with E-state index in [4.69, 9.17) is 4.74 Å². The minimum Gasteiger partial charge on any atom is -0.375 e. The highest BCUT2D eigenvalue weighted by atomic mass is 32.2. The van der Waals surface area contributed by atoms with Crippen molar-refractivity contribution in [3.05, 3.63) is 24.0 Å². The zero-order valence-corrected chi connectivity index (χ0v) is 15.7. The van der Waals surface area contributed by atoms with Crippen molar-refractivity contribution in [1.29, 1.82) is 0 Å². The zero-order chi connectivity index (χ0) is 18.1. The standard InChI is InChI=1S/C17H27N3O4S/c1-19-8-3-4-15(19)16(21)20-9-6-17(7-10-20)12-14(5-11-24-17)13-18-25(2,22)23/h3-4,8,14,18H,5-7,9-13H2,1-2H3. The highest BCUT2D eigenvalue weighted by Crippen LogP contribution is 2.37. The molecule has 0 aromatic carbocycles. The van der Waals surface area contributed by atoms with Crippen molar-refractivity contribution in [2.24, 2.45) is 13.0 Å². The van der Waals surface area contributed by atoms with E-state index in [-0.39, 0.29) is 11.5 Å². The molecule has 1 atom stereocenters. The topological polar surface area (TPSA) is 80.6 Å². The van der Waals surface area contributed by atoms with Crippen LogP contribution in [0.4, 0.5) is 0 Å². The molecule has 0 saturated carbocycles. The van der Waals surface area contributed by atoms with Crippen molar-refractivity contribution in [1.82, 2.24) is 14.2 Å². The molecular formula is C17H27N3O4S. The summed E-state index contributed by atoms with van der Waals surface area (Å²) >= 11 is 0. The van der Waals surface area contributed by atoms with E-state index < -0.39 is 10.0 Å². The Labute approximate surface area is 149 Å². The zero-order valence-electron chi connectivity index (χ0n) is 14.9. The Morgan fingerprint density at radius 1 is 1.40 bits per heavy atom. The average molecular weight is 369 g/mol. The molecule has 0 bridgehead atoms. The predicted octanol–water partition coefficient (Wildman–Crippen LogP) is 0.976. The lowest BCUT2D eigenvalue weighted by atomic mass is 9.79. The molecule has 1 unspecified atom stereocenters. The lowest BCUT2D eigenvalue weighted by molar-refractivity contribution is -0.122. The van der Waals surface area contributed by atoms with Gasteiger partial charge in [-0.05, 0) is 43.7 Å². The first kappa shape index (κ1) is 18.4. The second kappa shape index (κ2) is 7.09. The fraction of sp³-hybridized carbons (Fsp3) is 0.706. The van der Waals surface area contributed by atoms with Crippen molar-refractivity contribution >= 4 is 15.9 Å². The molecule has 2 fully saturated rings.